The first-order valence-electron chi connectivity index (χ1n) is 6.62. The van der Waals surface area contributed by atoms with Crippen LogP contribution in [0.5, 0.6) is 0 Å². The molecule has 8 heteroatoms. The van der Waals surface area contributed by atoms with Gasteiger partial charge in [-0.25, -0.2) is 21.2 Å². The lowest BCUT2D eigenvalue weighted by atomic mass is 10.0. The smallest absolute Gasteiger partial charge is 0.229 e. The molecule has 0 bridgehead atoms. The fourth-order valence-corrected chi connectivity index (χ4v) is 5.16. The largest absolute Gasteiger partial charge is 0.243 e. The monoisotopic (exact) mass is 335 g/mol. The number of nitrogens with zero attached hydrogens (tertiary/aromatic N) is 1. The fourth-order valence-electron chi connectivity index (χ4n) is 2.50. The molecule has 1 aliphatic heterocycles. The number of hydrogen-bond acceptors (Lipinski definition) is 4. The van der Waals surface area contributed by atoms with Crippen molar-refractivity contribution in [1.82, 2.24) is 4.31 Å². The van der Waals surface area contributed by atoms with E-state index in [0.29, 0.717) is 25.9 Å². The standard InChI is InChI=1S/C13H18FNO4S2/c1-20(16,17)10-11-6-8-15(9-7-11)21(18,19)13-4-2-12(14)3-5-13/h2-5,11H,6-10H2,1H3. The molecule has 5 nitrogen and oxygen atoms in total. The van der Waals surface area contributed by atoms with Gasteiger partial charge in [0.2, 0.25) is 10.0 Å². The molecular weight excluding hydrogens is 317 g/mol. The second kappa shape index (κ2) is 6.02. The minimum Gasteiger partial charge on any atom is -0.229 e. The molecule has 21 heavy (non-hydrogen) atoms. The first-order chi connectivity index (χ1) is 9.68. The Balaban J connectivity index is 2.06. The van der Waals surface area contributed by atoms with Crippen molar-refractivity contribution in [3.63, 3.8) is 0 Å². The predicted octanol–water partition coefficient (Wildman–Crippen LogP) is 1.27. The summed E-state index contributed by atoms with van der Waals surface area (Å²) in [6.07, 6.45) is 2.23. The van der Waals surface area contributed by atoms with Gasteiger partial charge in [0.1, 0.15) is 15.7 Å². The summed E-state index contributed by atoms with van der Waals surface area (Å²) >= 11 is 0. The highest BCUT2D eigenvalue weighted by molar-refractivity contribution is 7.90. The molecule has 0 aromatic heterocycles. The van der Waals surface area contributed by atoms with Crippen molar-refractivity contribution in [3.05, 3.63) is 30.1 Å². The van der Waals surface area contributed by atoms with Crippen molar-refractivity contribution < 1.29 is 21.2 Å². The van der Waals surface area contributed by atoms with Gasteiger partial charge in [-0.1, -0.05) is 0 Å². The molecule has 118 valence electrons. The maximum absolute atomic E-state index is 12.9. The lowest BCUT2D eigenvalue weighted by Crippen LogP contribution is -2.39. The molecule has 0 N–H and O–H groups in total. The molecule has 1 aliphatic rings. The molecule has 1 heterocycles. The van der Waals surface area contributed by atoms with Crippen molar-refractivity contribution in [1.29, 1.82) is 0 Å². The van der Waals surface area contributed by atoms with Crippen molar-refractivity contribution in [2.45, 2.75) is 17.7 Å². The van der Waals surface area contributed by atoms with Crippen LogP contribution in [0.4, 0.5) is 4.39 Å². The van der Waals surface area contributed by atoms with E-state index in [1.165, 1.54) is 22.7 Å². The summed E-state index contributed by atoms with van der Waals surface area (Å²) in [7, 11) is -6.67. The SMILES string of the molecule is CS(=O)(=O)CC1CCN(S(=O)(=O)c2ccc(F)cc2)CC1. The van der Waals surface area contributed by atoms with E-state index in [1.54, 1.807) is 0 Å². The lowest BCUT2D eigenvalue weighted by Gasteiger charge is -2.30. The van der Waals surface area contributed by atoms with Crippen molar-refractivity contribution >= 4 is 19.9 Å². The summed E-state index contributed by atoms with van der Waals surface area (Å²) in [5, 5.41) is 0. The summed E-state index contributed by atoms with van der Waals surface area (Å²) in [4.78, 5) is 0.0606. The van der Waals surface area contributed by atoms with Gasteiger partial charge < -0.3 is 0 Å². The molecule has 1 aromatic rings. The van der Waals surface area contributed by atoms with E-state index in [2.05, 4.69) is 0 Å². The normalized spacial score (nSPS) is 18.8. The first-order valence-corrected chi connectivity index (χ1v) is 10.1. The second-order valence-corrected chi connectivity index (χ2v) is 9.52. The van der Waals surface area contributed by atoms with Gasteiger partial charge in [0, 0.05) is 19.3 Å². The molecule has 2 rings (SSSR count). The van der Waals surface area contributed by atoms with E-state index in [9.17, 15) is 21.2 Å². The Morgan fingerprint density at radius 3 is 2.10 bits per heavy atom. The maximum atomic E-state index is 12.9. The number of piperidine rings is 1. The third-order valence-electron chi connectivity index (χ3n) is 3.56. The molecule has 0 unspecified atom stereocenters. The van der Waals surface area contributed by atoms with E-state index < -0.39 is 25.7 Å². The third-order valence-corrected chi connectivity index (χ3v) is 6.55. The number of sulfonamides is 1. The Bertz CT molecular complexity index is 690. The van der Waals surface area contributed by atoms with Crippen LogP contribution in [0.25, 0.3) is 0 Å². The van der Waals surface area contributed by atoms with Gasteiger partial charge in [0.25, 0.3) is 0 Å². The second-order valence-electron chi connectivity index (χ2n) is 5.39. The van der Waals surface area contributed by atoms with Gasteiger partial charge in [0.15, 0.2) is 0 Å². The van der Waals surface area contributed by atoms with Crippen LogP contribution < -0.4 is 0 Å². The summed E-state index contributed by atoms with van der Waals surface area (Å²) in [6.45, 7) is 0.583. The van der Waals surface area contributed by atoms with E-state index in [4.69, 9.17) is 0 Å². The Labute approximate surface area is 124 Å². The molecule has 0 atom stereocenters. The molecular formula is C13H18FNO4S2. The minimum atomic E-state index is -3.63. The van der Waals surface area contributed by atoms with Gasteiger partial charge in [-0.3, -0.25) is 0 Å². The van der Waals surface area contributed by atoms with Gasteiger partial charge >= 0.3 is 0 Å². The number of hydrogen-bond donors (Lipinski definition) is 0. The quantitative estimate of drug-likeness (QED) is 0.831. The summed E-state index contributed by atoms with van der Waals surface area (Å²) < 4.78 is 61.5. The van der Waals surface area contributed by atoms with Crippen LogP contribution in [0.1, 0.15) is 12.8 Å². The molecule has 0 radical (unpaired) electrons. The Morgan fingerprint density at radius 1 is 1.10 bits per heavy atom. The highest BCUT2D eigenvalue weighted by Gasteiger charge is 2.30. The average Bonchev–Trinajstić information content (AvgIpc) is 2.38. The van der Waals surface area contributed by atoms with E-state index >= 15 is 0 Å². The third kappa shape index (κ3) is 4.24. The fraction of sp³-hybridized carbons (Fsp3) is 0.538. The molecule has 0 amide bonds. The molecule has 0 spiro atoms. The van der Waals surface area contributed by atoms with Crippen molar-refractivity contribution in [2.24, 2.45) is 5.92 Å². The van der Waals surface area contributed by atoms with E-state index in [0.717, 1.165) is 12.1 Å². The zero-order chi connectivity index (χ0) is 15.7. The molecule has 1 fully saturated rings. The molecule has 0 saturated carbocycles. The van der Waals surface area contributed by atoms with Gasteiger partial charge in [0.05, 0.1) is 10.6 Å². The van der Waals surface area contributed by atoms with Gasteiger partial charge in [-0.2, -0.15) is 4.31 Å². The first kappa shape index (κ1) is 16.4. The number of rotatable bonds is 4. The zero-order valence-electron chi connectivity index (χ0n) is 11.7. The van der Waals surface area contributed by atoms with Crippen LogP contribution in [0.15, 0.2) is 29.2 Å². The minimum absolute atomic E-state index is 0.000308. The van der Waals surface area contributed by atoms with Crippen molar-refractivity contribution in [3.8, 4) is 0 Å². The maximum Gasteiger partial charge on any atom is 0.243 e. The van der Waals surface area contributed by atoms with Gasteiger partial charge in [-0.15, -0.1) is 0 Å². The molecule has 0 aliphatic carbocycles. The number of benzene rings is 1. The average molecular weight is 335 g/mol. The van der Waals surface area contributed by atoms with E-state index in [1.807, 2.05) is 0 Å². The van der Waals surface area contributed by atoms with Gasteiger partial charge in [-0.05, 0) is 43.0 Å². The zero-order valence-corrected chi connectivity index (χ0v) is 13.3. The lowest BCUT2D eigenvalue weighted by molar-refractivity contribution is 0.289. The van der Waals surface area contributed by atoms with Crippen LogP contribution in [-0.2, 0) is 19.9 Å². The summed E-state index contributed by atoms with van der Waals surface area (Å²) in [5.41, 5.74) is 0. The van der Waals surface area contributed by atoms with Crippen LogP contribution in [-0.4, -0.2) is 46.2 Å². The summed E-state index contributed by atoms with van der Waals surface area (Å²) in [5.74, 6) is -0.391. The van der Waals surface area contributed by atoms with Crippen LogP contribution in [0.2, 0.25) is 0 Å². The number of halogens is 1. The number of sulfone groups is 1. The molecule has 1 saturated heterocycles. The predicted molar refractivity (Wildman–Crippen MR) is 77.6 cm³/mol. The Hall–Kier alpha value is -0.990. The Morgan fingerprint density at radius 2 is 1.62 bits per heavy atom. The Kier molecular flexibility index (Phi) is 4.69. The van der Waals surface area contributed by atoms with Crippen LogP contribution >= 0.6 is 0 Å². The summed E-state index contributed by atoms with van der Waals surface area (Å²) in [6, 6.07) is 4.72. The highest BCUT2D eigenvalue weighted by atomic mass is 32.2. The topological polar surface area (TPSA) is 71.5 Å². The van der Waals surface area contributed by atoms with Crippen molar-refractivity contribution in [2.75, 3.05) is 25.1 Å². The molecule has 1 aromatic carbocycles. The van der Waals surface area contributed by atoms with E-state index in [-0.39, 0.29) is 16.6 Å². The highest BCUT2D eigenvalue weighted by Crippen LogP contribution is 2.24. The van der Waals surface area contributed by atoms with Crippen LogP contribution in [0.3, 0.4) is 0 Å². The van der Waals surface area contributed by atoms with Crippen LogP contribution in [0, 0.1) is 11.7 Å².